The Morgan fingerprint density at radius 3 is 3.10 bits per heavy atom. The van der Waals surface area contributed by atoms with Crippen LogP contribution in [-0.2, 0) is 11.3 Å². The van der Waals surface area contributed by atoms with E-state index in [4.69, 9.17) is 4.74 Å². The molecule has 2 saturated heterocycles. The van der Waals surface area contributed by atoms with Gasteiger partial charge >= 0.3 is 0 Å². The predicted octanol–water partition coefficient (Wildman–Crippen LogP) is 3.63. The van der Waals surface area contributed by atoms with Crippen molar-refractivity contribution in [3.05, 3.63) is 28.2 Å². The minimum absolute atomic E-state index is 0.597. The fraction of sp³-hybridized carbons (Fsp3) is 0.625. The normalized spacial score (nSPS) is 26.5. The molecule has 0 spiro atoms. The van der Waals surface area contributed by atoms with E-state index in [1.165, 1.54) is 50.0 Å². The second-order valence-electron chi connectivity index (χ2n) is 5.90. The van der Waals surface area contributed by atoms with Crippen LogP contribution in [0.5, 0.6) is 0 Å². The summed E-state index contributed by atoms with van der Waals surface area (Å²) < 4.78 is 6.46. The number of hydrogen-bond donors (Lipinski definition) is 1. The second kappa shape index (κ2) is 6.46. The van der Waals surface area contributed by atoms with Crippen LogP contribution < -0.4 is 5.32 Å². The molecule has 1 N–H and O–H groups in total. The Hall–Kier alpha value is -0.580. The van der Waals surface area contributed by atoms with Crippen LogP contribution in [0.4, 0.5) is 5.69 Å². The first kappa shape index (κ1) is 14.4. The summed E-state index contributed by atoms with van der Waals surface area (Å²) >= 11 is 3.63. The molecular formula is C16H23BrN2O. The Morgan fingerprint density at radius 2 is 2.25 bits per heavy atom. The van der Waals surface area contributed by atoms with E-state index in [2.05, 4.69) is 44.3 Å². The van der Waals surface area contributed by atoms with E-state index in [1.54, 1.807) is 7.11 Å². The molecule has 4 heteroatoms. The number of anilines is 1. The zero-order valence-corrected chi connectivity index (χ0v) is 13.7. The van der Waals surface area contributed by atoms with Crippen molar-refractivity contribution in [3.8, 4) is 0 Å². The van der Waals surface area contributed by atoms with Crippen molar-refractivity contribution in [3.63, 3.8) is 0 Å². The Labute approximate surface area is 129 Å². The molecule has 1 aromatic carbocycles. The largest absolute Gasteiger partial charge is 0.382 e. The maximum atomic E-state index is 5.33. The minimum atomic E-state index is 0.597. The topological polar surface area (TPSA) is 24.5 Å². The third-order valence-corrected chi connectivity index (χ3v) is 5.33. The number of piperidine rings is 1. The predicted molar refractivity (Wildman–Crippen MR) is 86.1 cm³/mol. The molecule has 2 aliphatic rings. The molecular weight excluding hydrogens is 316 g/mol. The van der Waals surface area contributed by atoms with Crippen molar-refractivity contribution in [1.29, 1.82) is 0 Å². The smallest absolute Gasteiger partial charge is 0.0744 e. The van der Waals surface area contributed by atoms with Crippen LogP contribution in [0.2, 0.25) is 0 Å². The van der Waals surface area contributed by atoms with Gasteiger partial charge in [0.25, 0.3) is 0 Å². The molecule has 3 rings (SSSR count). The highest BCUT2D eigenvalue weighted by atomic mass is 79.9. The minimum Gasteiger partial charge on any atom is -0.382 e. The van der Waals surface area contributed by atoms with Crippen LogP contribution in [0.15, 0.2) is 22.7 Å². The standard InChI is InChI=1S/C16H23BrN2O/c1-20-11-14-15(17)5-2-6-16(14)18-12-7-9-19-8-3-4-13(19)10-12/h2,5-6,12-13,18H,3-4,7-11H2,1H3. The van der Waals surface area contributed by atoms with Gasteiger partial charge in [0, 0.05) is 41.5 Å². The van der Waals surface area contributed by atoms with Crippen molar-refractivity contribution < 1.29 is 4.74 Å². The van der Waals surface area contributed by atoms with Gasteiger partial charge in [-0.2, -0.15) is 0 Å². The van der Waals surface area contributed by atoms with Gasteiger partial charge in [-0.3, -0.25) is 0 Å². The number of halogens is 1. The van der Waals surface area contributed by atoms with Gasteiger partial charge in [0.15, 0.2) is 0 Å². The lowest BCUT2D eigenvalue weighted by Gasteiger charge is -2.36. The van der Waals surface area contributed by atoms with E-state index in [9.17, 15) is 0 Å². The molecule has 20 heavy (non-hydrogen) atoms. The quantitative estimate of drug-likeness (QED) is 0.907. The second-order valence-corrected chi connectivity index (χ2v) is 6.75. The monoisotopic (exact) mass is 338 g/mol. The Kier molecular flexibility index (Phi) is 4.64. The van der Waals surface area contributed by atoms with Crippen molar-refractivity contribution >= 4 is 21.6 Å². The van der Waals surface area contributed by atoms with E-state index in [1.807, 2.05) is 0 Å². The first-order valence-corrected chi connectivity index (χ1v) is 8.34. The molecule has 0 radical (unpaired) electrons. The van der Waals surface area contributed by atoms with E-state index < -0.39 is 0 Å². The van der Waals surface area contributed by atoms with Crippen molar-refractivity contribution in [1.82, 2.24) is 4.90 Å². The summed E-state index contributed by atoms with van der Waals surface area (Å²) in [5.41, 5.74) is 2.45. The van der Waals surface area contributed by atoms with Crippen LogP contribution in [0.3, 0.4) is 0 Å². The average Bonchev–Trinajstić information content (AvgIpc) is 2.90. The Balaban J connectivity index is 1.70. The molecule has 0 amide bonds. The van der Waals surface area contributed by atoms with Gasteiger partial charge in [-0.25, -0.2) is 0 Å². The maximum Gasteiger partial charge on any atom is 0.0744 e. The molecule has 0 saturated carbocycles. The first-order valence-electron chi connectivity index (χ1n) is 7.55. The number of fused-ring (bicyclic) bond motifs is 1. The Morgan fingerprint density at radius 1 is 1.35 bits per heavy atom. The molecule has 2 atom stereocenters. The third-order valence-electron chi connectivity index (χ3n) is 4.59. The fourth-order valence-electron chi connectivity index (χ4n) is 3.56. The number of nitrogens with zero attached hydrogens (tertiary/aromatic N) is 1. The van der Waals surface area contributed by atoms with E-state index in [0.29, 0.717) is 12.6 Å². The fourth-order valence-corrected chi connectivity index (χ4v) is 4.04. The lowest BCUT2D eigenvalue weighted by Crippen LogP contribution is -2.42. The zero-order valence-electron chi connectivity index (χ0n) is 12.1. The molecule has 0 bridgehead atoms. The van der Waals surface area contributed by atoms with Crippen LogP contribution >= 0.6 is 15.9 Å². The number of nitrogens with one attached hydrogen (secondary N) is 1. The number of ether oxygens (including phenoxy) is 1. The third kappa shape index (κ3) is 3.02. The van der Waals surface area contributed by atoms with Gasteiger partial charge in [0.05, 0.1) is 6.61 Å². The highest BCUT2D eigenvalue weighted by Crippen LogP contribution is 2.31. The van der Waals surface area contributed by atoms with Gasteiger partial charge in [-0.1, -0.05) is 22.0 Å². The summed E-state index contributed by atoms with van der Waals surface area (Å²) in [5, 5.41) is 3.75. The zero-order chi connectivity index (χ0) is 13.9. The van der Waals surface area contributed by atoms with Gasteiger partial charge in [-0.05, 0) is 44.4 Å². The van der Waals surface area contributed by atoms with E-state index >= 15 is 0 Å². The van der Waals surface area contributed by atoms with E-state index in [-0.39, 0.29) is 0 Å². The summed E-state index contributed by atoms with van der Waals surface area (Å²) in [4.78, 5) is 2.66. The maximum absolute atomic E-state index is 5.33. The van der Waals surface area contributed by atoms with Crippen molar-refractivity contribution in [2.24, 2.45) is 0 Å². The summed E-state index contributed by atoms with van der Waals surface area (Å²) in [6.07, 6.45) is 5.28. The molecule has 2 unspecified atom stereocenters. The summed E-state index contributed by atoms with van der Waals surface area (Å²) in [5.74, 6) is 0. The molecule has 3 nitrogen and oxygen atoms in total. The van der Waals surface area contributed by atoms with Crippen LogP contribution in [0.25, 0.3) is 0 Å². The Bertz CT molecular complexity index is 466. The van der Waals surface area contributed by atoms with Crippen molar-refractivity contribution in [2.75, 3.05) is 25.5 Å². The molecule has 0 aliphatic carbocycles. The first-order chi connectivity index (χ1) is 9.78. The number of methoxy groups -OCH3 is 1. The number of rotatable bonds is 4. The molecule has 2 heterocycles. The highest BCUT2D eigenvalue weighted by molar-refractivity contribution is 9.10. The molecule has 110 valence electrons. The summed E-state index contributed by atoms with van der Waals surface area (Å²) in [7, 11) is 1.75. The van der Waals surface area contributed by atoms with Crippen LogP contribution in [0.1, 0.15) is 31.2 Å². The number of hydrogen-bond acceptors (Lipinski definition) is 3. The van der Waals surface area contributed by atoms with Gasteiger partial charge in [0.2, 0.25) is 0 Å². The van der Waals surface area contributed by atoms with Crippen molar-refractivity contribution in [2.45, 2.75) is 44.4 Å². The summed E-state index contributed by atoms with van der Waals surface area (Å²) in [6, 6.07) is 7.74. The molecule has 2 fully saturated rings. The lowest BCUT2D eigenvalue weighted by atomic mass is 9.97. The SMILES string of the molecule is COCc1c(Br)cccc1NC1CCN2CCCC2C1. The van der Waals surface area contributed by atoms with Crippen LogP contribution in [-0.4, -0.2) is 37.2 Å². The van der Waals surface area contributed by atoms with Gasteiger partial charge < -0.3 is 15.0 Å². The molecule has 1 aromatic rings. The summed E-state index contributed by atoms with van der Waals surface area (Å²) in [6.45, 7) is 3.20. The molecule has 0 aromatic heterocycles. The van der Waals surface area contributed by atoms with E-state index in [0.717, 1.165) is 10.5 Å². The highest BCUT2D eigenvalue weighted by Gasteiger charge is 2.31. The van der Waals surface area contributed by atoms with Crippen LogP contribution in [0, 0.1) is 0 Å². The van der Waals surface area contributed by atoms with Gasteiger partial charge in [-0.15, -0.1) is 0 Å². The molecule has 2 aliphatic heterocycles. The average molecular weight is 339 g/mol. The van der Waals surface area contributed by atoms with Gasteiger partial charge in [0.1, 0.15) is 0 Å². The number of benzene rings is 1. The lowest BCUT2D eigenvalue weighted by molar-refractivity contribution is 0.183.